The Labute approximate surface area is 205 Å². The summed E-state index contributed by atoms with van der Waals surface area (Å²) in [6, 6.07) is 22.2. The van der Waals surface area contributed by atoms with Crippen LogP contribution in [0.2, 0.25) is 0 Å². The summed E-state index contributed by atoms with van der Waals surface area (Å²) in [5.41, 5.74) is 2.53. The quantitative estimate of drug-likeness (QED) is 0.214. The Balaban J connectivity index is 1.41. The van der Waals surface area contributed by atoms with Crippen LogP contribution in [-0.2, 0) is 16.1 Å². The number of aryl methyl sites for hydroxylation is 1. The summed E-state index contributed by atoms with van der Waals surface area (Å²) < 4.78 is 13.5. The first-order chi connectivity index (χ1) is 17.2. The second kappa shape index (κ2) is 10.3. The number of hydrogen-bond donors (Lipinski definition) is 0. The SMILES string of the molecule is CCOC(=O)c1cc2c(C3CCCCC3=O)cccc2n1CCCOc1cccc2ccccc12. The average molecular weight is 470 g/mol. The molecule has 0 bridgehead atoms. The lowest BCUT2D eigenvalue weighted by Gasteiger charge is -2.21. The fraction of sp³-hybridized carbons (Fsp3) is 0.333. The van der Waals surface area contributed by atoms with Crippen molar-refractivity contribution in [1.29, 1.82) is 0 Å². The molecule has 1 saturated carbocycles. The van der Waals surface area contributed by atoms with Crippen molar-refractivity contribution in [1.82, 2.24) is 4.57 Å². The zero-order valence-corrected chi connectivity index (χ0v) is 20.2. The van der Waals surface area contributed by atoms with Gasteiger partial charge < -0.3 is 14.0 Å². The van der Waals surface area contributed by atoms with Crippen LogP contribution in [0.25, 0.3) is 21.7 Å². The van der Waals surface area contributed by atoms with Gasteiger partial charge in [0.1, 0.15) is 17.2 Å². The standard InChI is InChI=1S/C30H31NO4/c1-2-34-30(33)27-20-25-23(24-13-5-6-16-28(24)32)14-8-15-26(25)31(27)18-9-19-35-29-17-7-11-21-10-3-4-12-22(21)29/h3-4,7-8,10-12,14-15,17,20,24H,2,5-6,9,13,16,18-19H2,1H3. The lowest BCUT2D eigenvalue weighted by Crippen LogP contribution is -2.17. The minimum absolute atomic E-state index is 0.0898. The fourth-order valence-corrected chi connectivity index (χ4v) is 5.26. The number of ketones is 1. The van der Waals surface area contributed by atoms with E-state index < -0.39 is 0 Å². The summed E-state index contributed by atoms with van der Waals surface area (Å²) in [5, 5.41) is 3.22. The van der Waals surface area contributed by atoms with Crippen LogP contribution in [0.1, 0.15) is 61.0 Å². The summed E-state index contributed by atoms with van der Waals surface area (Å²) in [7, 11) is 0. The van der Waals surface area contributed by atoms with Gasteiger partial charge in [0.05, 0.1) is 13.2 Å². The maximum absolute atomic E-state index is 12.8. The van der Waals surface area contributed by atoms with Gasteiger partial charge in [-0.1, -0.05) is 55.0 Å². The van der Waals surface area contributed by atoms with Crippen LogP contribution in [0.15, 0.2) is 66.7 Å². The van der Waals surface area contributed by atoms with Gasteiger partial charge in [-0.05, 0) is 55.3 Å². The number of Topliss-reactive ketones (excluding diaryl/α,β-unsaturated/α-hetero) is 1. The number of rotatable bonds is 8. The lowest BCUT2D eigenvalue weighted by atomic mass is 9.82. The smallest absolute Gasteiger partial charge is 0.354 e. The molecule has 1 atom stereocenters. The van der Waals surface area contributed by atoms with Gasteiger partial charge in [-0.25, -0.2) is 4.79 Å². The third-order valence-corrected chi connectivity index (χ3v) is 6.93. The molecule has 0 spiro atoms. The molecule has 0 amide bonds. The molecule has 5 heteroatoms. The van der Waals surface area contributed by atoms with Gasteiger partial charge in [0.2, 0.25) is 0 Å². The molecule has 1 fully saturated rings. The molecule has 0 aliphatic heterocycles. The van der Waals surface area contributed by atoms with Crippen molar-refractivity contribution in [2.45, 2.75) is 51.5 Å². The topological polar surface area (TPSA) is 57.5 Å². The van der Waals surface area contributed by atoms with E-state index in [1.807, 2.05) is 60.0 Å². The first-order valence-corrected chi connectivity index (χ1v) is 12.6. The van der Waals surface area contributed by atoms with Gasteiger partial charge in [0.15, 0.2) is 0 Å². The van der Waals surface area contributed by atoms with Crippen molar-refractivity contribution in [3.63, 3.8) is 0 Å². The third-order valence-electron chi connectivity index (χ3n) is 6.93. The summed E-state index contributed by atoms with van der Waals surface area (Å²) in [4.78, 5) is 25.5. The van der Waals surface area contributed by atoms with Crippen LogP contribution < -0.4 is 4.74 Å². The predicted octanol–water partition coefficient (Wildman–Crippen LogP) is 6.67. The summed E-state index contributed by atoms with van der Waals surface area (Å²) in [5.74, 6) is 0.745. The Morgan fingerprint density at radius 2 is 1.83 bits per heavy atom. The number of nitrogens with zero attached hydrogens (tertiary/aromatic N) is 1. The van der Waals surface area contributed by atoms with Gasteiger partial charge in [0.25, 0.3) is 0 Å². The highest BCUT2D eigenvalue weighted by Gasteiger charge is 2.27. The van der Waals surface area contributed by atoms with Crippen molar-refractivity contribution in [3.05, 3.63) is 78.0 Å². The van der Waals surface area contributed by atoms with E-state index in [0.29, 0.717) is 37.7 Å². The van der Waals surface area contributed by atoms with Gasteiger partial charge in [-0.15, -0.1) is 0 Å². The number of carbonyl (C=O) groups is 2. The fourth-order valence-electron chi connectivity index (χ4n) is 5.26. The highest BCUT2D eigenvalue weighted by Crippen LogP contribution is 2.36. The van der Waals surface area contributed by atoms with Crippen LogP contribution >= 0.6 is 0 Å². The van der Waals surface area contributed by atoms with Gasteiger partial charge in [-0.3, -0.25) is 4.79 Å². The van der Waals surface area contributed by atoms with E-state index in [-0.39, 0.29) is 11.9 Å². The maximum Gasteiger partial charge on any atom is 0.354 e. The predicted molar refractivity (Wildman–Crippen MR) is 138 cm³/mol. The molecule has 0 N–H and O–H groups in total. The monoisotopic (exact) mass is 469 g/mol. The Kier molecular flexibility index (Phi) is 6.84. The Bertz CT molecular complexity index is 1360. The molecule has 1 aliphatic carbocycles. The molecule has 1 aromatic heterocycles. The van der Waals surface area contributed by atoms with Crippen LogP contribution in [0.3, 0.4) is 0 Å². The molecule has 5 nitrogen and oxygen atoms in total. The number of benzene rings is 3. The number of hydrogen-bond acceptors (Lipinski definition) is 4. The highest BCUT2D eigenvalue weighted by atomic mass is 16.5. The number of aromatic nitrogens is 1. The largest absolute Gasteiger partial charge is 0.493 e. The summed E-state index contributed by atoms with van der Waals surface area (Å²) in [6.45, 7) is 3.27. The number of carbonyl (C=O) groups excluding carboxylic acids is 2. The normalized spacial score (nSPS) is 16.0. The van der Waals surface area contributed by atoms with Crippen molar-refractivity contribution in [2.24, 2.45) is 0 Å². The van der Waals surface area contributed by atoms with Crippen molar-refractivity contribution in [3.8, 4) is 5.75 Å². The minimum Gasteiger partial charge on any atom is -0.493 e. The molecule has 5 rings (SSSR count). The summed E-state index contributed by atoms with van der Waals surface area (Å²) in [6.07, 6.45) is 4.27. The van der Waals surface area contributed by atoms with Crippen molar-refractivity contribution >= 4 is 33.4 Å². The number of ether oxygens (including phenoxy) is 2. The molecule has 35 heavy (non-hydrogen) atoms. The Morgan fingerprint density at radius 1 is 1.00 bits per heavy atom. The highest BCUT2D eigenvalue weighted by molar-refractivity contribution is 5.99. The molecule has 1 unspecified atom stereocenters. The molecular weight excluding hydrogens is 438 g/mol. The molecule has 0 saturated heterocycles. The van der Waals surface area contributed by atoms with E-state index in [4.69, 9.17) is 9.47 Å². The van der Waals surface area contributed by atoms with E-state index in [1.165, 1.54) is 0 Å². The first-order valence-electron chi connectivity index (χ1n) is 12.6. The van der Waals surface area contributed by atoms with Gasteiger partial charge in [0, 0.05) is 35.2 Å². The maximum atomic E-state index is 12.8. The number of fused-ring (bicyclic) bond motifs is 2. The zero-order valence-electron chi connectivity index (χ0n) is 20.2. The molecule has 0 radical (unpaired) electrons. The van der Waals surface area contributed by atoms with Crippen molar-refractivity contribution < 1.29 is 19.1 Å². The van der Waals surface area contributed by atoms with Crippen molar-refractivity contribution in [2.75, 3.05) is 13.2 Å². The molecule has 1 heterocycles. The van der Waals surface area contributed by atoms with E-state index in [9.17, 15) is 9.59 Å². The van der Waals surface area contributed by atoms with Crippen LogP contribution in [0.5, 0.6) is 5.75 Å². The third kappa shape index (κ3) is 4.68. The van der Waals surface area contributed by atoms with Crippen LogP contribution in [-0.4, -0.2) is 29.5 Å². The first kappa shape index (κ1) is 23.2. The Hall–Kier alpha value is -3.60. The average Bonchev–Trinajstić information content (AvgIpc) is 3.26. The second-order valence-corrected chi connectivity index (χ2v) is 9.13. The van der Waals surface area contributed by atoms with Crippen LogP contribution in [0.4, 0.5) is 0 Å². The summed E-state index contributed by atoms with van der Waals surface area (Å²) >= 11 is 0. The minimum atomic E-state index is -0.334. The van der Waals surface area contributed by atoms with E-state index in [0.717, 1.165) is 58.7 Å². The number of esters is 1. The zero-order chi connectivity index (χ0) is 24.2. The van der Waals surface area contributed by atoms with Gasteiger partial charge in [-0.2, -0.15) is 0 Å². The molecular formula is C30H31NO4. The Morgan fingerprint density at radius 3 is 2.69 bits per heavy atom. The van der Waals surface area contributed by atoms with E-state index in [1.54, 1.807) is 0 Å². The molecule has 3 aromatic carbocycles. The second-order valence-electron chi connectivity index (χ2n) is 9.13. The molecule has 4 aromatic rings. The van der Waals surface area contributed by atoms with E-state index >= 15 is 0 Å². The van der Waals surface area contributed by atoms with E-state index in [2.05, 4.69) is 18.2 Å². The molecule has 180 valence electrons. The van der Waals surface area contributed by atoms with Gasteiger partial charge >= 0.3 is 5.97 Å². The lowest BCUT2D eigenvalue weighted by molar-refractivity contribution is -0.121. The molecule has 1 aliphatic rings. The van der Waals surface area contributed by atoms with Crippen LogP contribution in [0, 0.1) is 0 Å².